The summed E-state index contributed by atoms with van der Waals surface area (Å²) in [6, 6.07) is 8.10. The molecule has 0 atom stereocenters. The molecule has 182 valence electrons. The highest BCUT2D eigenvalue weighted by atomic mass is 35.5. The summed E-state index contributed by atoms with van der Waals surface area (Å²) in [6.07, 6.45) is 1.56. The van der Waals surface area contributed by atoms with Crippen molar-refractivity contribution in [2.45, 2.75) is 26.9 Å². The predicted molar refractivity (Wildman–Crippen MR) is 129 cm³/mol. The molecule has 36 heavy (non-hydrogen) atoms. The zero-order chi connectivity index (χ0) is 26.0. The van der Waals surface area contributed by atoms with Crippen LogP contribution in [-0.2, 0) is 13.1 Å². The number of carbonyl (C=O) groups is 2. The van der Waals surface area contributed by atoms with Crippen molar-refractivity contribution in [3.8, 4) is 6.07 Å². The second-order valence-electron chi connectivity index (χ2n) is 8.00. The summed E-state index contributed by atoms with van der Waals surface area (Å²) in [6.45, 7) is 3.69. The Hall–Kier alpha value is -4.56. The summed E-state index contributed by atoms with van der Waals surface area (Å²) < 4.78 is 15.9. The number of carbonyl (C=O) groups excluding carboxylic acids is 1. The SMILES string of the molecule is Cc1cc(NC(=O)O)nc(C)c1CNC(=O)c1cn(Cc2cc(F)c3ncc(Cl)cc3c2)nc1C#N. The van der Waals surface area contributed by atoms with Gasteiger partial charge in [0.2, 0.25) is 0 Å². The second-order valence-corrected chi connectivity index (χ2v) is 8.44. The van der Waals surface area contributed by atoms with E-state index in [1.807, 2.05) is 6.07 Å². The number of nitrogens with one attached hydrogen (secondary N) is 2. The lowest BCUT2D eigenvalue weighted by atomic mass is 10.1. The fourth-order valence-electron chi connectivity index (χ4n) is 3.83. The molecule has 3 aromatic heterocycles. The van der Waals surface area contributed by atoms with Crippen LogP contribution in [0.15, 0.2) is 36.7 Å². The molecule has 0 aliphatic heterocycles. The van der Waals surface area contributed by atoms with Crippen LogP contribution in [0.2, 0.25) is 5.02 Å². The van der Waals surface area contributed by atoms with Crippen molar-refractivity contribution >= 4 is 40.3 Å². The summed E-state index contributed by atoms with van der Waals surface area (Å²) in [5, 5.41) is 28.3. The third kappa shape index (κ3) is 5.24. The minimum absolute atomic E-state index is 0.0656. The zero-order valence-corrected chi connectivity index (χ0v) is 19.9. The molecule has 0 aliphatic rings. The molecule has 12 heteroatoms. The number of hydrogen-bond donors (Lipinski definition) is 3. The largest absolute Gasteiger partial charge is 0.465 e. The summed E-state index contributed by atoms with van der Waals surface area (Å²) in [7, 11) is 0. The molecule has 0 spiro atoms. The number of carboxylic acid groups (broad SMARTS) is 1. The standard InChI is InChI=1S/C24H19ClFN7O3/c1-12-3-21(31-24(35)36)30-13(2)17(12)9-29-23(34)18-11-33(32-20(18)7-27)10-14-4-15-6-16(25)8-28-22(15)19(26)5-14/h3-6,8,11H,9-10H2,1-2H3,(H,29,34)(H,30,31)(H,35,36). The van der Waals surface area contributed by atoms with Gasteiger partial charge in [0.25, 0.3) is 5.91 Å². The lowest BCUT2D eigenvalue weighted by Gasteiger charge is -2.12. The number of pyridine rings is 2. The molecule has 0 bridgehead atoms. The first kappa shape index (κ1) is 24.6. The topological polar surface area (TPSA) is 146 Å². The first-order valence-corrected chi connectivity index (χ1v) is 11.0. The van der Waals surface area contributed by atoms with E-state index in [1.54, 1.807) is 32.0 Å². The van der Waals surface area contributed by atoms with E-state index in [0.29, 0.717) is 27.2 Å². The highest BCUT2D eigenvalue weighted by Gasteiger charge is 2.18. The van der Waals surface area contributed by atoms with Gasteiger partial charge in [0.05, 0.1) is 17.1 Å². The summed E-state index contributed by atoms with van der Waals surface area (Å²) >= 11 is 5.97. The van der Waals surface area contributed by atoms with Gasteiger partial charge in [0.1, 0.15) is 23.2 Å². The Morgan fingerprint density at radius 2 is 2.03 bits per heavy atom. The number of nitrogens with zero attached hydrogens (tertiary/aromatic N) is 5. The molecule has 0 radical (unpaired) electrons. The fraction of sp³-hybridized carbons (Fsp3) is 0.167. The number of rotatable bonds is 6. The molecule has 0 saturated heterocycles. The lowest BCUT2D eigenvalue weighted by molar-refractivity contribution is 0.0950. The molecular weight excluding hydrogens is 489 g/mol. The van der Waals surface area contributed by atoms with Gasteiger partial charge in [-0.25, -0.2) is 14.2 Å². The lowest BCUT2D eigenvalue weighted by Crippen LogP contribution is -2.24. The first-order chi connectivity index (χ1) is 17.1. The van der Waals surface area contributed by atoms with Crippen LogP contribution in [0, 0.1) is 31.0 Å². The van der Waals surface area contributed by atoms with Gasteiger partial charge in [-0.3, -0.25) is 19.8 Å². The Bertz CT molecular complexity index is 1540. The Balaban J connectivity index is 1.52. The van der Waals surface area contributed by atoms with E-state index in [1.165, 1.54) is 23.1 Å². The molecule has 1 aromatic carbocycles. The van der Waals surface area contributed by atoms with Gasteiger partial charge >= 0.3 is 6.09 Å². The Morgan fingerprint density at radius 3 is 2.72 bits per heavy atom. The van der Waals surface area contributed by atoms with E-state index in [0.717, 1.165) is 5.56 Å². The van der Waals surface area contributed by atoms with Crippen LogP contribution in [0.4, 0.5) is 15.0 Å². The average molecular weight is 508 g/mol. The van der Waals surface area contributed by atoms with E-state index in [2.05, 4.69) is 25.7 Å². The van der Waals surface area contributed by atoms with E-state index >= 15 is 0 Å². The number of aryl methyl sites for hydroxylation is 2. The maximum Gasteiger partial charge on any atom is 0.410 e. The zero-order valence-electron chi connectivity index (χ0n) is 19.1. The van der Waals surface area contributed by atoms with Crippen molar-refractivity contribution < 1.29 is 19.1 Å². The number of aromatic nitrogens is 4. The van der Waals surface area contributed by atoms with Crippen molar-refractivity contribution in [2.75, 3.05) is 5.32 Å². The second kappa shape index (κ2) is 9.97. The van der Waals surface area contributed by atoms with Gasteiger partial charge in [-0.1, -0.05) is 11.6 Å². The van der Waals surface area contributed by atoms with E-state index < -0.39 is 17.8 Å². The van der Waals surface area contributed by atoms with Gasteiger partial charge in [-0.05, 0) is 54.8 Å². The van der Waals surface area contributed by atoms with Crippen LogP contribution < -0.4 is 10.6 Å². The number of nitriles is 1. The molecule has 0 aliphatic carbocycles. The Labute approximate surface area is 209 Å². The normalized spacial score (nSPS) is 10.8. The van der Waals surface area contributed by atoms with Crippen LogP contribution in [0.3, 0.4) is 0 Å². The molecule has 0 saturated carbocycles. The van der Waals surface area contributed by atoms with Crippen LogP contribution in [0.1, 0.15) is 38.4 Å². The van der Waals surface area contributed by atoms with Crippen molar-refractivity contribution in [1.29, 1.82) is 5.26 Å². The summed E-state index contributed by atoms with van der Waals surface area (Å²) in [4.78, 5) is 31.9. The van der Waals surface area contributed by atoms with Gasteiger partial charge in [0, 0.05) is 30.0 Å². The molecule has 0 fully saturated rings. The molecule has 10 nitrogen and oxygen atoms in total. The van der Waals surface area contributed by atoms with Crippen molar-refractivity contribution in [1.82, 2.24) is 25.1 Å². The number of hydrogen-bond acceptors (Lipinski definition) is 6. The highest BCUT2D eigenvalue weighted by molar-refractivity contribution is 6.31. The molecule has 4 rings (SSSR count). The van der Waals surface area contributed by atoms with Crippen molar-refractivity contribution in [3.63, 3.8) is 0 Å². The van der Waals surface area contributed by atoms with Crippen LogP contribution in [0.5, 0.6) is 0 Å². The van der Waals surface area contributed by atoms with Gasteiger partial charge in [-0.2, -0.15) is 10.4 Å². The van der Waals surface area contributed by atoms with E-state index in [4.69, 9.17) is 16.7 Å². The number of fused-ring (bicyclic) bond motifs is 1. The molecule has 0 unspecified atom stereocenters. The van der Waals surface area contributed by atoms with E-state index in [-0.39, 0.29) is 35.7 Å². The molecule has 4 aromatic rings. The third-order valence-electron chi connectivity index (χ3n) is 5.43. The summed E-state index contributed by atoms with van der Waals surface area (Å²) in [5.74, 6) is -0.859. The molecule has 2 amide bonds. The summed E-state index contributed by atoms with van der Waals surface area (Å²) in [5.41, 5.74) is 2.72. The van der Waals surface area contributed by atoms with Crippen LogP contribution >= 0.6 is 11.6 Å². The van der Waals surface area contributed by atoms with Crippen LogP contribution in [0.25, 0.3) is 10.9 Å². The Kier molecular flexibility index (Phi) is 6.80. The van der Waals surface area contributed by atoms with Crippen molar-refractivity contribution in [3.05, 3.63) is 81.1 Å². The van der Waals surface area contributed by atoms with Gasteiger partial charge in [0.15, 0.2) is 5.69 Å². The van der Waals surface area contributed by atoms with Crippen molar-refractivity contribution in [2.24, 2.45) is 0 Å². The molecule has 3 N–H and O–H groups in total. The van der Waals surface area contributed by atoms with Crippen LogP contribution in [-0.4, -0.2) is 36.9 Å². The van der Waals surface area contributed by atoms with Gasteiger partial charge < -0.3 is 10.4 Å². The average Bonchev–Trinajstić information content (AvgIpc) is 3.20. The predicted octanol–water partition coefficient (Wildman–Crippen LogP) is 4.18. The maximum absolute atomic E-state index is 14.5. The minimum Gasteiger partial charge on any atom is -0.465 e. The fourth-order valence-corrected chi connectivity index (χ4v) is 4.00. The number of anilines is 1. The quantitative estimate of drug-likeness (QED) is 0.355. The number of benzene rings is 1. The highest BCUT2D eigenvalue weighted by Crippen LogP contribution is 2.22. The third-order valence-corrected chi connectivity index (χ3v) is 5.64. The van der Waals surface area contributed by atoms with E-state index in [9.17, 15) is 19.2 Å². The monoisotopic (exact) mass is 507 g/mol. The smallest absolute Gasteiger partial charge is 0.410 e. The first-order valence-electron chi connectivity index (χ1n) is 10.6. The molecule has 3 heterocycles. The van der Waals surface area contributed by atoms with Gasteiger partial charge in [-0.15, -0.1) is 0 Å². The minimum atomic E-state index is -1.23. The number of amides is 2. The molecular formula is C24H19ClFN7O3. The maximum atomic E-state index is 14.5. The number of halogens is 2. The Morgan fingerprint density at radius 1 is 1.25 bits per heavy atom.